The standard InChI is InChI=1S/C8H7FO3/c1-5(7(9)8(10)11)6-2-3-12-4-6/h2-4H,1H3,(H,10,11). The predicted octanol–water partition coefficient (Wildman–Crippen LogP) is 2.06. The van der Waals surface area contributed by atoms with Crippen molar-refractivity contribution in [3.63, 3.8) is 0 Å². The van der Waals surface area contributed by atoms with E-state index < -0.39 is 11.8 Å². The molecule has 64 valence electrons. The lowest BCUT2D eigenvalue weighted by atomic mass is 10.1. The van der Waals surface area contributed by atoms with Crippen LogP contribution in [-0.4, -0.2) is 11.1 Å². The van der Waals surface area contributed by atoms with Crippen molar-refractivity contribution in [2.75, 3.05) is 0 Å². The Labute approximate surface area is 68.1 Å². The topological polar surface area (TPSA) is 50.4 Å². The highest BCUT2D eigenvalue weighted by molar-refractivity contribution is 5.93. The van der Waals surface area contributed by atoms with Crippen LogP contribution in [0, 0.1) is 0 Å². The molecule has 12 heavy (non-hydrogen) atoms. The summed E-state index contributed by atoms with van der Waals surface area (Å²) in [6, 6.07) is 1.50. The number of carboxylic acid groups (broad SMARTS) is 1. The van der Waals surface area contributed by atoms with E-state index in [0.717, 1.165) is 0 Å². The minimum absolute atomic E-state index is 0.0660. The summed E-state index contributed by atoms with van der Waals surface area (Å²) in [5, 5.41) is 8.29. The Morgan fingerprint density at radius 3 is 2.75 bits per heavy atom. The van der Waals surface area contributed by atoms with E-state index >= 15 is 0 Å². The third-order valence-corrected chi connectivity index (χ3v) is 1.47. The van der Waals surface area contributed by atoms with Crippen molar-refractivity contribution in [1.82, 2.24) is 0 Å². The summed E-state index contributed by atoms with van der Waals surface area (Å²) in [5.41, 5.74) is 0.506. The average Bonchev–Trinajstić information content (AvgIpc) is 2.53. The van der Waals surface area contributed by atoms with Gasteiger partial charge in [0.2, 0.25) is 5.83 Å². The number of allylic oxidation sites excluding steroid dienone is 1. The van der Waals surface area contributed by atoms with Gasteiger partial charge in [0.1, 0.15) is 0 Å². The number of hydrogen-bond acceptors (Lipinski definition) is 2. The molecule has 1 heterocycles. The zero-order chi connectivity index (χ0) is 9.14. The first-order chi connectivity index (χ1) is 5.63. The summed E-state index contributed by atoms with van der Waals surface area (Å²) in [6.07, 6.45) is 2.64. The molecule has 0 radical (unpaired) electrons. The molecule has 0 aliphatic heterocycles. The van der Waals surface area contributed by atoms with Crippen LogP contribution in [0.15, 0.2) is 28.8 Å². The van der Waals surface area contributed by atoms with E-state index in [-0.39, 0.29) is 5.57 Å². The van der Waals surface area contributed by atoms with Crippen LogP contribution in [0.5, 0.6) is 0 Å². The molecule has 1 aromatic heterocycles. The van der Waals surface area contributed by atoms with E-state index in [9.17, 15) is 9.18 Å². The lowest BCUT2D eigenvalue weighted by Crippen LogP contribution is -1.97. The van der Waals surface area contributed by atoms with Crippen molar-refractivity contribution < 1.29 is 18.7 Å². The lowest BCUT2D eigenvalue weighted by Gasteiger charge is -1.95. The summed E-state index contributed by atoms with van der Waals surface area (Å²) in [6.45, 7) is 1.38. The summed E-state index contributed by atoms with van der Waals surface area (Å²) < 4.78 is 17.4. The number of furan rings is 1. The molecule has 0 amide bonds. The van der Waals surface area contributed by atoms with Gasteiger partial charge in [0.05, 0.1) is 12.5 Å². The highest BCUT2D eigenvalue weighted by Crippen LogP contribution is 2.19. The smallest absolute Gasteiger partial charge is 0.365 e. The molecule has 0 bridgehead atoms. The minimum Gasteiger partial charge on any atom is -0.476 e. The maximum atomic E-state index is 12.7. The van der Waals surface area contributed by atoms with Crippen molar-refractivity contribution in [1.29, 1.82) is 0 Å². The van der Waals surface area contributed by atoms with Gasteiger partial charge in [-0.1, -0.05) is 0 Å². The fourth-order valence-electron chi connectivity index (χ4n) is 0.765. The van der Waals surface area contributed by atoms with Gasteiger partial charge in [0.25, 0.3) is 0 Å². The van der Waals surface area contributed by atoms with Crippen LogP contribution in [0.2, 0.25) is 0 Å². The third-order valence-electron chi connectivity index (χ3n) is 1.47. The highest BCUT2D eigenvalue weighted by atomic mass is 19.1. The molecule has 1 aromatic rings. The van der Waals surface area contributed by atoms with Gasteiger partial charge < -0.3 is 9.52 Å². The molecule has 1 N–H and O–H groups in total. The van der Waals surface area contributed by atoms with Crippen LogP contribution in [-0.2, 0) is 4.79 Å². The number of aliphatic carboxylic acids is 1. The Morgan fingerprint density at radius 2 is 2.33 bits per heavy atom. The van der Waals surface area contributed by atoms with Crippen LogP contribution >= 0.6 is 0 Å². The number of carbonyl (C=O) groups is 1. The van der Waals surface area contributed by atoms with Gasteiger partial charge in [-0.2, -0.15) is 4.39 Å². The largest absolute Gasteiger partial charge is 0.476 e. The molecule has 1 rings (SSSR count). The van der Waals surface area contributed by atoms with Gasteiger partial charge >= 0.3 is 5.97 Å². The minimum atomic E-state index is -1.56. The Hall–Kier alpha value is -1.58. The fraction of sp³-hybridized carbons (Fsp3) is 0.125. The number of hydrogen-bond donors (Lipinski definition) is 1. The van der Waals surface area contributed by atoms with Crippen molar-refractivity contribution in [2.45, 2.75) is 6.92 Å². The molecule has 0 spiro atoms. The third kappa shape index (κ3) is 1.53. The Kier molecular flexibility index (Phi) is 2.28. The molecule has 0 saturated carbocycles. The molecule has 0 aliphatic rings. The van der Waals surface area contributed by atoms with Crippen LogP contribution in [0.1, 0.15) is 12.5 Å². The van der Waals surface area contributed by atoms with E-state index in [1.165, 1.54) is 25.5 Å². The lowest BCUT2D eigenvalue weighted by molar-refractivity contribution is -0.134. The summed E-state index contributed by atoms with van der Waals surface area (Å²) >= 11 is 0. The zero-order valence-electron chi connectivity index (χ0n) is 6.37. The summed E-state index contributed by atoms with van der Waals surface area (Å²) in [4.78, 5) is 10.2. The predicted molar refractivity (Wildman–Crippen MR) is 40.0 cm³/mol. The molecule has 0 atom stereocenters. The van der Waals surface area contributed by atoms with Crippen LogP contribution in [0.4, 0.5) is 4.39 Å². The average molecular weight is 170 g/mol. The van der Waals surface area contributed by atoms with Crippen LogP contribution < -0.4 is 0 Å². The molecule has 0 unspecified atom stereocenters. The number of carboxylic acids is 1. The maximum absolute atomic E-state index is 12.7. The van der Waals surface area contributed by atoms with Gasteiger partial charge in [0, 0.05) is 11.1 Å². The van der Waals surface area contributed by atoms with Crippen molar-refractivity contribution in [3.8, 4) is 0 Å². The van der Waals surface area contributed by atoms with Gasteiger partial charge in [-0.15, -0.1) is 0 Å². The second-order valence-electron chi connectivity index (χ2n) is 2.26. The molecule has 0 saturated heterocycles. The molecule has 3 nitrogen and oxygen atoms in total. The number of rotatable bonds is 2. The molecule has 4 heteroatoms. The monoisotopic (exact) mass is 170 g/mol. The van der Waals surface area contributed by atoms with Crippen molar-refractivity contribution >= 4 is 11.5 Å². The van der Waals surface area contributed by atoms with Crippen LogP contribution in [0.3, 0.4) is 0 Å². The molecular weight excluding hydrogens is 163 g/mol. The summed E-state index contributed by atoms with van der Waals surface area (Å²) in [7, 11) is 0. The van der Waals surface area contributed by atoms with Gasteiger partial charge in [-0.05, 0) is 13.0 Å². The maximum Gasteiger partial charge on any atom is 0.365 e. The van der Waals surface area contributed by atoms with E-state index in [0.29, 0.717) is 5.56 Å². The fourth-order valence-corrected chi connectivity index (χ4v) is 0.765. The van der Waals surface area contributed by atoms with Gasteiger partial charge in [0.15, 0.2) is 0 Å². The van der Waals surface area contributed by atoms with E-state index in [1.54, 1.807) is 0 Å². The van der Waals surface area contributed by atoms with Crippen molar-refractivity contribution in [3.05, 3.63) is 30.0 Å². The Morgan fingerprint density at radius 1 is 1.67 bits per heavy atom. The molecular formula is C8H7FO3. The first-order valence-corrected chi connectivity index (χ1v) is 3.25. The quantitative estimate of drug-likeness (QED) is 0.691. The molecule has 0 aromatic carbocycles. The zero-order valence-corrected chi connectivity index (χ0v) is 6.37. The summed E-state index contributed by atoms with van der Waals surface area (Å²) in [5.74, 6) is -2.72. The Bertz CT molecular complexity index is 311. The normalized spacial score (nSPS) is 12.5. The van der Waals surface area contributed by atoms with Gasteiger partial charge in [-0.25, -0.2) is 4.79 Å². The SMILES string of the molecule is CC(=C(F)C(=O)O)c1ccoc1. The second kappa shape index (κ2) is 3.21. The van der Waals surface area contributed by atoms with Gasteiger partial charge in [-0.3, -0.25) is 0 Å². The first-order valence-electron chi connectivity index (χ1n) is 3.25. The first kappa shape index (κ1) is 8.52. The van der Waals surface area contributed by atoms with E-state index in [4.69, 9.17) is 5.11 Å². The second-order valence-corrected chi connectivity index (χ2v) is 2.26. The van der Waals surface area contributed by atoms with E-state index in [1.807, 2.05) is 0 Å². The number of halogens is 1. The van der Waals surface area contributed by atoms with E-state index in [2.05, 4.69) is 4.42 Å². The van der Waals surface area contributed by atoms with Crippen LogP contribution in [0.25, 0.3) is 5.57 Å². The highest BCUT2D eigenvalue weighted by Gasteiger charge is 2.11. The molecule has 0 aliphatic carbocycles. The Balaban J connectivity index is 3.05. The molecule has 0 fully saturated rings. The van der Waals surface area contributed by atoms with Crippen molar-refractivity contribution in [2.24, 2.45) is 0 Å².